The first kappa shape index (κ1) is 20.0. The molecule has 5 nitrogen and oxygen atoms in total. The van der Waals surface area contributed by atoms with Gasteiger partial charge in [-0.15, -0.1) is 0 Å². The maximum atomic E-state index is 5.57. The van der Waals surface area contributed by atoms with Gasteiger partial charge in [-0.25, -0.2) is 0 Å². The van der Waals surface area contributed by atoms with Crippen LogP contribution in [0.1, 0.15) is 45.4 Å². The van der Waals surface area contributed by atoms with Gasteiger partial charge < -0.3 is 23.2 Å². The van der Waals surface area contributed by atoms with Crippen LogP contribution in [0.25, 0.3) is 21.8 Å². The molecule has 0 bridgehead atoms. The van der Waals surface area contributed by atoms with Crippen LogP contribution in [0.15, 0.2) is 61.4 Å². The summed E-state index contributed by atoms with van der Waals surface area (Å²) in [5, 5.41) is 2.40. The van der Waals surface area contributed by atoms with Crippen molar-refractivity contribution in [3.63, 3.8) is 0 Å². The molecule has 2 aromatic carbocycles. The quantitative estimate of drug-likeness (QED) is 0.379. The van der Waals surface area contributed by atoms with Gasteiger partial charge in [-0.2, -0.15) is 0 Å². The van der Waals surface area contributed by atoms with E-state index in [4.69, 9.17) is 18.6 Å². The lowest BCUT2D eigenvalue weighted by Crippen LogP contribution is -2.31. The summed E-state index contributed by atoms with van der Waals surface area (Å²) < 4.78 is 24.7. The molecule has 0 aliphatic carbocycles. The summed E-state index contributed by atoms with van der Waals surface area (Å²) in [5.41, 5.74) is 4.50. The molecule has 0 radical (unpaired) electrons. The van der Waals surface area contributed by atoms with E-state index in [1.165, 1.54) is 60.3 Å². The number of benzene rings is 2. The van der Waals surface area contributed by atoms with Crippen molar-refractivity contribution in [2.45, 2.75) is 52.0 Å². The van der Waals surface area contributed by atoms with Crippen molar-refractivity contribution in [2.24, 2.45) is 0 Å². The SMILES string of the molecule is CCCCCCCCn1c2ccc(B3OC=CO3)cc2c2cc(B3OC=CO3)ccc21. The van der Waals surface area contributed by atoms with Crippen molar-refractivity contribution >= 4 is 47.0 Å². The van der Waals surface area contributed by atoms with Crippen LogP contribution >= 0.6 is 0 Å². The molecular formula is C24H27B2NO4. The minimum atomic E-state index is -0.379. The Morgan fingerprint density at radius 1 is 0.645 bits per heavy atom. The zero-order chi connectivity index (χ0) is 21.0. The second-order valence-corrected chi connectivity index (χ2v) is 8.23. The lowest BCUT2D eigenvalue weighted by Gasteiger charge is -2.09. The predicted molar refractivity (Wildman–Crippen MR) is 126 cm³/mol. The molecular weight excluding hydrogens is 388 g/mol. The fourth-order valence-corrected chi connectivity index (χ4v) is 4.52. The third-order valence-corrected chi connectivity index (χ3v) is 6.11. The van der Waals surface area contributed by atoms with E-state index in [0.717, 1.165) is 17.5 Å². The summed E-state index contributed by atoms with van der Waals surface area (Å²) in [6.45, 7) is 3.27. The van der Waals surface area contributed by atoms with Gasteiger partial charge in [-0.3, -0.25) is 0 Å². The molecule has 0 unspecified atom stereocenters. The van der Waals surface area contributed by atoms with Crippen molar-refractivity contribution in [1.82, 2.24) is 4.57 Å². The minimum absolute atomic E-state index is 0.379. The Morgan fingerprint density at radius 3 is 1.65 bits per heavy atom. The van der Waals surface area contributed by atoms with Crippen LogP contribution in [-0.2, 0) is 25.2 Å². The van der Waals surface area contributed by atoms with E-state index in [1.807, 2.05) is 0 Å². The fourth-order valence-electron chi connectivity index (χ4n) is 4.52. The number of aryl methyl sites for hydroxylation is 1. The zero-order valence-corrected chi connectivity index (χ0v) is 18.0. The fraction of sp³-hybridized carbons (Fsp3) is 0.333. The van der Waals surface area contributed by atoms with Gasteiger partial charge in [0.1, 0.15) is 0 Å². The van der Waals surface area contributed by atoms with E-state index >= 15 is 0 Å². The molecule has 1 aromatic heterocycles. The second kappa shape index (κ2) is 9.04. The van der Waals surface area contributed by atoms with Gasteiger partial charge in [0.25, 0.3) is 0 Å². The van der Waals surface area contributed by atoms with Crippen LogP contribution < -0.4 is 10.9 Å². The van der Waals surface area contributed by atoms with E-state index in [2.05, 4.69) is 47.9 Å². The maximum Gasteiger partial charge on any atom is 0.632 e. The van der Waals surface area contributed by atoms with Crippen LogP contribution in [0.2, 0.25) is 0 Å². The number of hydrogen-bond acceptors (Lipinski definition) is 4. The molecule has 31 heavy (non-hydrogen) atoms. The average Bonchev–Trinajstić information content (AvgIpc) is 3.57. The monoisotopic (exact) mass is 415 g/mol. The molecule has 0 N–H and O–H groups in total. The Kier molecular flexibility index (Phi) is 5.83. The number of aromatic nitrogens is 1. The van der Waals surface area contributed by atoms with Gasteiger partial charge in [0, 0.05) is 39.3 Å². The zero-order valence-electron chi connectivity index (χ0n) is 18.0. The van der Waals surface area contributed by atoms with E-state index in [0.29, 0.717) is 0 Å². The lowest BCUT2D eigenvalue weighted by atomic mass is 9.77. The maximum absolute atomic E-state index is 5.57. The molecule has 3 heterocycles. The van der Waals surface area contributed by atoms with Gasteiger partial charge in [0.2, 0.25) is 0 Å². The van der Waals surface area contributed by atoms with Crippen molar-refractivity contribution < 1.29 is 18.6 Å². The molecule has 5 rings (SSSR count). The highest BCUT2D eigenvalue weighted by Gasteiger charge is 2.29. The number of fused-ring (bicyclic) bond motifs is 3. The summed E-state index contributed by atoms with van der Waals surface area (Å²) in [7, 11) is -0.759. The van der Waals surface area contributed by atoms with Gasteiger partial charge in [0.15, 0.2) is 0 Å². The van der Waals surface area contributed by atoms with Crippen LogP contribution in [0.5, 0.6) is 0 Å². The third-order valence-electron chi connectivity index (χ3n) is 6.11. The standard InChI is InChI=1S/C24H27B2NO4/c1-2-3-4-5-6-7-12-27-23-10-8-19(25-28-13-14-29-25)17-21(23)22-18-20(9-11-24(22)27)26-30-15-16-31-26/h8-11,13-18H,2-7,12H2,1H3. The van der Waals surface area contributed by atoms with Gasteiger partial charge in [0.05, 0.1) is 25.0 Å². The minimum Gasteiger partial charge on any atom is -0.525 e. The highest BCUT2D eigenvalue weighted by Crippen LogP contribution is 2.29. The van der Waals surface area contributed by atoms with Gasteiger partial charge in [-0.05, 0) is 30.7 Å². The molecule has 2 aliphatic rings. The van der Waals surface area contributed by atoms with Crippen molar-refractivity contribution in [3.8, 4) is 0 Å². The largest absolute Gasteiger partial charge is 0.632 e. The van der Waals surface area contributed by atoms with Crippen LogP contribution in [0.4, 0.5) is 0 Å². The summed E-state index contributed by atoms with van der Waals surface area (Å²) in [4.78, 5) is 0. The highest BCUT2D eigenvalue weighted by molar-refractivity contribution is 6.63. The Bertz CT molecular complexity index is 1030. The topological polar surface area (TPSA) is 41.9 Å². The molecule has 0 saturated heterocycles. The average molecular weight is 415 g/mol. The van der Waals surface area contributed by atoms with E-state index < -0.39 is 0 Å². The first-order valence-corrected chi connectivity index (χ1v) is 11.3. The van der Waals surface area contributed by atoms with Crippen LogP contribution in [0.3, 0.4) is 0 Å². The second-order valence-electron chi connectivity index (χ2n) is 8.23. The molecule has 0 fully saturated rings. The molecule has 0 amide bonds. The Balaban J connectivity index is 1.49. The number of rotatable bonds is 9. The summed E-state index contributed by atoms with van der Waals surface area (Å²) >= 11 is 0. The first-order chi connectivity index (χ1) is 15.3. The predicted octanol–water partition coefficient (Wildman–Crippen LogP) is 4.58. The molecule has 0 saturated carbocycles. The van der Waals surface area contributed by atoms with Crippen molar-refractivity contribution in [1.29, 1.82) is 0 Å². The Labute approximate surface area is 183 Å². The summed E-state index contributed by atoms with van der Waals surface area (Å²) in [6.07, 6.45) is 14.1. The van der Waals surface area contributed by atoms with Crippen molar-refractivity contribution in [3.05, 3.63) is 61.4 Å². The molecule has 0 spiro atoms. The van der Waals surface area contributed by atoms with Gasteiger partial charge in [-0.1, -0.05) is 51.2 Å². The van der Waals surface area contributed by atoms with Gasteiger partial charge >= 0.3 is 14.2 Å². The Hall–Kier alpha value is -2.95. The Morgan fingerprint density at radius 2 is 1.13 bits per heavy atom. The number of unbranched alkanes of at least 4 members (excludes halogenated alkanes) is 5. The molecule has 3 aromatic rings. The summed E-state index contributed by atoms with van der Waals surface area (Å²) in [6, 6.07) is 13.0. The molecule has 158 valence electrons. The van der Waals surface area contributed by atoms with Crippen LogP contribution in [0, 0.1) is 0 Å². The van der Waals surface area contributed by atoms with Crippen LogP contribution in [-0.4, -0.2) is 18.8 Å². The third kappa shape index (κ3) is 4.01. The van der Waals surface area contributed by atoms with Crippen molar-refractivity contribution in [2.75, 3.05) is 0 Å². The van der Waals surface area contributed by atoms with E-state index in [1.54, 1.807) is 25.0 Å². The number of nitrogens with zero attached hydrogens (tertiary/aromatic N) is 1. The smallest absolute Gasteiger partial charge is 0.525 e. The molecule has 2 aliphatic heterocycles. The number of hydrogen-bond donors (Lipinski definition) is 0. The molecule has 0 atom stereocenters. The first-order valence-electron chi connectivity index (χ1n) is 11.3. The van der Waals surface area contributed by atoms with E-state index in [-0.39, 0.29) is 14.2 Å². The summed E-state index contributed by atoms with van der Waals surface area (Å²) in [5.74, 6) is 0. The van der Waals surface area contributed by atoms with E-state index in [9.17, 15) is 0 Å². The molecule has 7 heteroatoms. The lowest BCUT2D eigenvalue weighted by molar-refractivity contribution is 0.423. The highest BCUT2D eigenvalue weighted by atomic mass is 16.6. The normalized spacial score (nSPS) is 14.9.